The van der Waals surface area contributed by atoms with Gasteiger partial charge in [-0.1, -0.05) is 30.3 Å². The molecule has 1 amide bonds. The molecule has 7 heteroatoms. The highest BCUT2D eigenvalue weighted by Crippen LogP contribution is 2.44. The fraction of sp³-hybridized carbons (Fsp3) is 0.286. The van der Waals surface area contributed by atoms with Gasteiger partial charge in [0.25, 0.3) is 0 Å². The van der Waals surface area contributed by atoms with Crippen molar-refractivity contribution in [2.75, 3.05) is 11.9 Å². The Morgan fingerprint density at radius 3 is 2.79 bits per heavy atom. The molecule has 1 saturated carbocycles. The molecule has 0 unspecified atom stereocenters. The van der Waals surface area contributed by atoms with Crippen LogP contribution in [-0.2, 0) is 11.3 Å². The Labute approximate surface area is 167 Å². The second-order valence-electron chi connectivity index (χ2n) is 7.17. The number of nitrogens with one attached hydrogen (secondary N) is 1. The summed E-state index contributed by atoms with van der Waals surface area (Å²) in [5, 5.41) is 7.64. The Kier molecular flexibility index (Phi) is 4.09. The number of alkyl halides is 1. The predicted molar refractivity (Wildman–Crippen MR) is 107 cm³/mol. The summed E-state index contributed by atoms with van der Waals surface area (Å²) in [4.78, 5) is 15.8. The van der Waals surface area contributed by atoms with Gasteiger partial charge in [0.15, 0.2) is 0 Å². The molecule has 2 aromatic heterocycles. The highest BCUT2D eigenvalue weighted by molar-refractivity contribution is 6.38. The summed E-state index contributed by atoms with van der Waals surface area (Å²) in [6, 6.07) is 13.8. The van der Waals surface area contributed by atoms with E-state index < -0.39 is 4.87 Å². The summed E-state index contributed by atoms with van der Waals surface area (Å²) in [6.07, 6.45) is 4.00. The maximum absolute atomic E-state index is 12.3. The number of ether oxygens (including phenoxy) is 1. The third kappa shape index (κ3) is 3.03. The Morgan fingerprint density at radius 1 is 1.18 bits per heavy atom. The van der Waals surface area contributed by atoms with E-state index in [0.29, 0.717) is 25.3 Å². The number of hydrogen-bond donors (Lipinski definition) is 1. The number of anilines is 1. The highest BCUT2D eigenvalue weighted by Gasteiger charge is 2.48. The minimum absolute atomic E-state index is 0.199. The number of halogens is 1. The summed E-state index contributed by atoms with van der Waals surface area (Å²) in [7, 11) is 0. The second kappa shape index (κ2) is 6.63. The summed E-state index contributed by atoms with van der Waals surface area (Å²) < 4.78 is 7.88. The Bertz CT molecular complexity index is 1040. The number of hydrogen-bond acceptors (Lipinski definition) is 4. The van der Waals surface area contributed by atoms with Crippen molar-refractivity contribution in [3.8, 4) is 28.3 Å². The number of pyridine rings is 1. The lowest BCUT2D eigenvalue weighted by Gasteiger charge is -2.16. The Morgan fingerprint density at radius 2 is 2.00 bits per heavy atom. The molecule has 1 aliphatic carbocycles. The molecule has 1 fully saturated rings. The van der Waals surface area contributed by atoms with E-state index in [4.69, 9.17) is 21.4 Å². The van der Waals surface area contributed by atoms with Gasteiger partial charge in [-0.2, -0.15) is 5.10 Å². The SMILES string of the molecule is O=C(Nc1cc(-c2c(-c3ccccc3)nn3c2OCCC3)ccn1)C1(Cl)CC1. The number of nitrogens with zero attached hydrogens (tertiary/aromatic N) is 3. The fourth-order valence-electron chi connectivity index (χ4n) is 3.41. The largest absolute Gasteiger partial charge is 0.477 e. The number of amides is 1. The van der Waals surface area contributed by atoms with Crippen LogP contribution in [0.25, 0.3) is 22.4 Å². The highest BCUT2D eigenvalue weighted by atomic mass is 35.5. The second-order valence-corrected chi connectivity index (χ2v) is 7.89. The van der Waals surface area contributed by atoms with E-state index in [-0.39, 0.29) is 5.91 Å². The Hall–Kier alpha value is -2.86. The van der Waals surface area contributed by atoms with E-state index in [1.165, 1.54) is 0 Å². The van der Waals surface area contributed by atoms with Crippen LogP contribution in [0, 0.1) is 0 Å². The number of carbonyl (C=O) groups excluding carboxylic acids is 1. The molecule has 0 atom stereocenters. The first-order valence-corrected chi connectivity index (χ1v) is 9.78. The summed E-state index contributed by atoms with van der Waals surface area (Å²) in [6.45, 7) is 1.48. The molecule has 28 heavy (non-hydrogen) atoms. The lowest BCUT2D eigenvalue weighted by atomic mass is 10.0. The quantitative estimate of drug-likeness (QED) is 0.676. The van der Waals surface area contributed by atoms with Gasteiger partial charge in [0.2, 0.25) is 11.8 Å². The minimum atomic E-state index is -0.771. The predicted octanol–water partition coefficient (Wildman–Crippen LogP) is 4.10. The van der Waals surface area contributed by atoms with Crippen molar-refractivity contribution in [2.45, 2.75) is 30.7 Å². The molecule has 142 valence electrons. The van der Waals surface area contributed by atoms with Crippen molar-refractivity contribution in [3.63, 3.8) is 0 Å². The number of rotatable bonds is 4. The van der Waals surface area contributed by atoms with Crippen molar-refractivity contribution >= 4 is 23.3 Å². The van der Waals surface area contributed by atoms with Crippen molar-refractivity contribution in [2.24, 2.45) is 0 Å². The molecular formula is C21H19ClN4O2. The maximum Gasteiger partial charge on any atom is 0.246 e. The normalized spacial score (nSPS) is 16.8. The molecule has 1 N–H and O–H groups in total. The molecule has 2 aliphatic rings. The number of aromatic nitrogens is 3. The van der Waals surface area contributed by atoms with Gasteiger partial charge >= 0.3 is 0 Å². The molecule has 1 aliphatic heterocycles. The zero-order valence-corrected chi connectivity index (χ0v) is 15.9. The van der Waals surface area contributed by atoms with Crippen LogP contribution in [0.1, 0.15) is 19.3 Å². The van der Waals surface area contributed by atoms with E-state index in [9.17, 15) is 4.79 Å². The van der Waals surface area contributed by atoms with Crippen LogP contribution in [0.15, 0.2) is 48.7 Å². The van der Waals surface area contributed by atoms with Crippen molar-refractivity contribution in [1.82, 2.24) is 14.8 Å². The maximum atomic E-state index is 12.3. The van der Waals surface area contributed by atoms with Crippen LogP contribution in [-0.4, -0.2) is 32.2 Å². The zero-order valence-electron chi connectivity index (χ0n) is 15.2. The van der Waals surface area contributed by atoms with Crippen LogP contribution in [0.3, 0.4) is 0 Å². The first-order chi connectivity index (χ1) is 13.6. The van der Waals surface area contributed by atoms with Gasteiger partial charge in [-0.25, -0.2) is 9.67 Å². The lowest BCUT2D eigenvalue weighted by Crippen LogP contribution is -2.24. The topological polar surface area (TPSA) is 69.0 Å². The number of fused-ring (bicyclic) bond motifs is 1. The van der Waals surface area contributed by atoms with Crippen LogP contribution in [0.4, 0.5) is 5.82 Å². The molecular weight excluding hydrogens is 376 g/mol. The number of aryl methyl sites for hydroxylation is 1. The molecule has 1 aromatic carbocycles. The molecule has 6 nitrogen and oxygen atoms in total. The summed E-state index contributed by atoms with van der Waals surface area (Å²) in [5.41, 5.74) is 3.68. The van der Waals surface area contributed by atoms with Crippen LogP contribution in [0.2, 0.25) is 0 Å². The zero-order chi connectivity index (χ0) is 19.1. The molecule has 0 saturated heterocycles. The van der Waals surface area contributed by atoms with Crippen molar-refractivity contribution in [1.29, 1.82) is 0 Å². The average molecular weight is 395 g/mol. The van der Waals surface area contributed by atoms with E-state index in [1.54, 1.807) is 6.20 Å². The van der Waals surface area contributed by atoms with Gasteiger partial charge in [-0.05, 0) is 30.5 Å². The van der Waals surface area contributed by atoms with Gasteiger partial charge in [0.1, 0.15) is 16.4 Å². The molecule has 3 aromatic rings. The third-order valence-corrected chi connectivity index (χ3v) is 5.64. The van der Waals surface area contributed by atoms with E-state index in [0.717, 1.165) is 41.2 Å². The average Bonchev–Trinajstić information content (AvgIpc) is 3.36. The Balaban J connectivity index is 1.58. The molecule has 3 heterocycles. The molecule has 0 bridgehead atoms. The van der Waals surface area contributed by atoms with Gasteiger partial charge in [-0.15, -0.1) is 11.6 Å². The number of carbonyl (C=O) groups is 1. The number of benzene rings is 1. The monoisotopic (exact) mass is 394 g/mol. The first-order valence-electron chi connectivity index (χ1n) is 9.40. The standard InChI is InChI=1S/C21H19ClN4O2/c22-21(8-9-21)20(27)24-16-13-15(7-10-23-16)17-18(14-5-2-1-3-6-14)25-26-11-4-12-28-19(17)26/h1-3,5-7,10,13H,4,8-9,11-12H2,(H,23,24,27). The lowest BCUT2D eigenvalue weighted by molar-refractivity contribution is -0.116. The van der Waals surface area contributed by atoms with Crippen molar-refractivity contribution in [3.05, 3.63) is 48.7 Å². The molecule has 0 radical (unpaired) electrons. The third-order valence-electron chi connectivity index (χ3n) is 5.09. The molecule has 5 rings (SSSR count). The van der Waals surface area contributed by atoms with Crippen LogP contribution >= 0.6 is 11.6 Å². The van der Waals surface area contributed by atoms with Gasteiger partial charge in [0.05, 0.1) is 12.2 Å². The minimum Gasteiger partial charge on any atom is -0.477 e. The fourth-order valence-corrected chi connectivity index (χ4v) is 3.55. The molecule has 0 spiro atoms. The van der Waals surface area contributed by atoms with Gasteiger partial charge < -0.3 is 10.1 Å². The van der Waals surface area contributed by atoms with Crippen LogP contribution in [0.5, 0.6) is 5.88 Å². The van der Waals surface area contributed by atoms with Crippen molar-refractivity contribution < 1.29 is 9.53 Å². The van der Waals surface area contributed by atoms with Crippen LogP contribution < -0.4 is 10.1 Å². The van der Waals surface area contributed by atoms with E-state index in [2.05, 4.69) is 10.3 Å². The first kappa shape index (κ1) is 17.3. The summed E-state index contributed by atoms with van der Waals surface area (Å²) in [5.74, 6) is 1.03. The smallest absolute Gasteiger partial charge is 0.246 e. The van der Waals surface area contributed by atoms with E-state index >= 15 is 0 Å². The van der Waals surface area contributed by atoms with E-state index in [1.807, 2.05) is 47.1 Å². The van der Waals surface area contributed by atoms with Gasteiger partial charge in [0, 0.05) is 24.7 Å². The summed E-state index contributed by atoms with van der Waals surface area (Å²) >= 11 is 6.21. The van der Waals surface area contributed by atoms with Gasteiger partial charge in [-0.3, -0.25) is 4.79 Å².